The number of hydrazone groups is 1. The maximum Gasteiger partial charge on any atom is 0.294 e. The molecule has 0 radical (unpaired) electrons. The van der Waals surface area contributed by atoms with Gasteiger partial charge in [-0.05, 0) is 58.6 Å². The third-order valence-electron chi connectivity index (χ3n) is 6.07. The Kier molecular flexibility index (Phi) is 6.17. The van der Waals surface area contributed by atoms with Gasteiger partial charge in [0.25, 0.3) is 5.91 Å². The van der Waals surface area contributed by atoms with Crippen molar-refractivity contribution in [2.75, 3.05) is 5.73 Å². The lowest BCUT2D eigenvalue weighted by Crippen LogP contribution is -2.20. The number of amides is 1. The monoisotopic (exact) mass is 476 g/mol. The summed E-state index contributed by atoms with van der Waals surface area (Å²) in [6, 6.07) is 12.2. The van der Waals surface area contributed by atoms with Crippen LogP contribution in [0.2, 0.25) is 0 Å². The molecule has 3 N–H and O–H groups in total. The lowest BCUT2D eigenvalue weighted by atomic mass is 9.84. The Morgan fingerprint density at radius 1 is 1.18 bits per heavy atom. The molecule has 174 valence electrons. The molecule has 0 unspecified atom stereocenters. The van der Waals surface area contributed by atoms with E-state index in [0.29, 0.717) is 17.3 Å². The maximum absolute atomic E-state index is 13.0. The maximum atomic E-state index is 13.0. The van der Waals surface area contributed by atoms with E-state index in [1.165, 1.54) is 53.7 Å². The molecule has 0 spiro atoms. The number of nitrogens with two attached hydrogens (primary N) is 1. The van der Waals surface area contributed by atoms with Crippen LogP contribution in [0.3, 0.4) is 0 Å². The second kappa shape index (κ2) is 9.56. The highest BCUT2D eigenvalue weighted by molar-refractivity contribution is 7.13. The number of aromatic nitrogens is 5. The van der Waals surface area contributed by atoms with Gasteiger partial charge >= 0.3 is 0 Å². The van der Waals surface area contributed by atoms with E-state index in [4.69, 9.17) is 5.73 Å². The SMILES string of the molecule is C/C(=N/NC(=O)c1nnn(-c2nonc2N)c1-c1cccs1)c1ccc(C2CCCCC2)cc1. The highest BCUT2D eigenvalue weighted by Gasteiger charge is 2.25. The van der Waals surface area contributed by atoms with E-state index < -0.39 is 5.91 Å². The quantitative estimate of drug-likeness (QED) is 0.315. The first-order valence-corrected chi connectivity index (χ1v) is 12.0. The molecule has 1 aliphatic rings. The van der Waals surface area contributed by atoms with Gasteiger partial charge in [0.15, 0.2) is 5.69 Å². The van der Waals surface area contributed by atoms with E-state index in [2.05, 4.69) is 60.0 Å². The second-order valence-corrected chi connectivity index (χ2v) is 9.19. The Morgan fingerprint density at radius 3 is 2.65 bits per heavy atom. The molecule has 1 aromatic carbocycles. The van der Waals surface area contributed by atoms with E-state index in [1.54, 1.807) is 0 Å². The standard InChI is InChI=1S/C23H24N8O2S/c1-14(15-9-11-17(12-10-15)16-6-3-2-4-7-16)25-27-23(32)19-20(18-8-5-13-34-18)31(30-26-19)22-21(24)28-33-29-22/h5,8-13,16H,2-4,6-7H2,1H3,(H2,24,28)(H,27,32)/b25-14-. The normalized spacial score (nSPS) is 14.9. The van der Waals surface area contributed by atoms with Crippen LogP contribution in [0.25, 0.3) is 16.4 Å². The predicted molar refractivity (Wildman–Crippen MR) is 129 cm³/mol. The average molecular weight is 477 g/mol. The smallest absolute Gasteiger partial charge is 0.294 e. The van der Waals surface area contributed by atoms with Crippen LogP contribution in [0.15, 0.2) is 51.5 Å². The Bertz CT molecular complexity index is 1300. The summed E-state index contributed by atoms with van der Waals surface area (Å²) in [7, 11) is 0. The fourth-order valence-corrected chi connectivity index (χ4v) is 5.00. The van der Waals surface area contributed by atoms with Crippen LogP contribution in [0.5, 0.6) is 0 Å². The average Bonchev–Trinajstić information content (AvgIpc) is 3.63. The summed E-state index contributed by atoms with van der Waals surface area (Å²) in [4.78, 5) is 13.8. The molecule has 0 bridgehead atoms. The summed E-state index contributed by atoms with van der Waals surface area (Å²) in [6.45, 7) is 1.86. The van der Waals surface area contributed by atoms with Crippen LogP contribution < -0.4 is 11.2 Å². The fraction of sp³-hybridized carbons (Fsp3) is 0.304. The van der Waals surface area contributed by atoms with Crippen LogP contribution >= 0.6 is 11.3 Å². The van der Waals surface area contributed by atoms with Gasteiger partial charge in [-0.3, -0.25) is 4.79 Å². The number of nitrogens with one attached hydrogen (secondary N) is 1. The molecule has 0 saturated heterocycles. The number of carbonyl (C=O) groups excluding carboxylic acids is 1. The number of hydrogen-bond donors (Lipinski definition) is 2. The number of benzene rings is 1. The molecule has 3 heterocycles. The lowest BCUT2D eigenvalue weighted by molar-refractivity contribution is 0.0950. The summed E-state index contributed by atoms with van der Waals surface area (Å²) in [5, 5.41) is 21.7. The lowest BCUT2D eigenvalue weighted by Gasteiger charge is -2.22. The molecule has 0 atom stereocenters. The van der Waals surface area contributed by atoms with E-state index in [9.17, 15) is 4.79 Å². The molecule has 11 heteroatoms. The molecule has 3 aromatic heterocycles. The zero-order valence-electron chi connectivity index (χ0n) is 18.6. The highest BCUT2D eigenvalue weighted by atomic mass is 32.1. The van der Waals surface area contributed by atoms with Gasteiger partial charge < -0.3 is 5.73 Å². The van der Waals surface area contributed by atoms with Gasteiger partial charge in [0.2, 0.25) is 11.6 Å². The Balaban J connectivity index is 1.36. The Morgan fingerprint density at radius 2 is 1.97 bits per heavy atom. The zero-order chi connectivity index (χ0) is 23.5. The molecule has 34 heavy (non-hydrogen) atoms. The van der Waals surface area contributed by atoms with Crippen molar-refractivity contribution in [3.05, 3.63) is 58.6 Å². The number of anilines is 1. The van der Waals surface area contributed by atoms with Gasteiger partial charge in [-0.1, -0.05) is 54.8 Å². The number of hydrogen-bond acceptors (Lipinski definition) is 9. The Hall–Kier alpha value is -3.86. The summed E-state index contributed by atoms with van der Waals surface area (Å²) in [5.74, 6) is 0.350. The molecule has 1 fully saturated rings. The van der Waals surface area contributed by atoms with E-state index >= 15 is 0 Å². The minimum absolute atomic E-state index is 0.0419. The van der Waals surface area contributed by atoms with Crippen LogP contribution in [0.4, 0.5) is 5.82 Å². The molecule has 5 rings (SSSR count). The largest absolute Gasteiger partial charge is 0.378 e. The minimum Gasteiger partial charge on any atom is -0.378 e. The van der Waals surface area contributed by atoms with E-state index in [1.807, 2.05) is 24.4 Å². The van der Waals surface area contributed by atoms with E-state index in [0.717, 1.165) is 10.4 Å². The highest BCUT2D eigenvalue weighted by Crippen LogP contribution is 2.33. The summed E-state index contributed by atoms with van der Waals surface area (Å²) in [5.41, 5.74) is 12.0. The molecule has 1 aliphatic carbocycles. The summed E-state index contributed by atoms with van der Waals surface area (Å²) in [6.07, 6.45) is 6.45. The number of nitrogens with zero attached hydrogens (tertiary/aromatic N) is 6. The van der Waals surface area contributed by atoms with Crippen LogP contribution in [-0.4, -0.2) is 36.9 Å². The summed E-state index contributed by atoms with van der Waals surface area (Å²) < 4.78 is 6.02. The first-order valence-electron chi connectivity index (χ1n) is 11.1. The number of carbonyl (C=O) groups is 1. The number of nitrogen functional groups attached to an aromatic ring is 1. The fourth-order valence-electron chi connectivity index (χ4n) is 4.24. The van der Waals surface area contributed by atoms with Crippen molar-refractivity contribution in [3.63, 3.8) is 0 Å². The van der Waals surface area contributed by atoms with Gasteiger partial charge in [0.05, 0.1) is 10.6 Å². The van der Waals surface area contributed by atoms with Crippen molar-refractivity contribution in [3.8, 4) is 16.4 Å². The third-order valence-corrected chi connectivity index (χ3v) is 6.94. The van der Waals surface area contributed by atoms with Crippen molar-refractivity contribution < 1.29 is 9.42 Å². The van der Waals surface area contributed by atoms with Gasteiger partial charge in [-0.15, -0.1) is 16.4 Å². The minimum atomic E-state index is -0.497. The van der Waals surface area contributed by atoms with Crippen LogP contribution in [0, 0.1) is 0 Å². The number of rotatable bonds is 6. The molecular weight excluding hydrogens is 452 g/mol. The Labute approximate surface area is 199 Å². The molecule has 4 aromatic rings. The first kappa shape index (κ1) is 22.0. The summed E-state index contributed by atoms with van der Waals surface area (Å²) >= 11 is 1.43. The van der Waals surface area contributed by atoms with E-state index in [-0.39, 0.29) is 17.3 Å². The van der Waals surface area contributed by atoms with Gasteiger partial charge in [0, 0.05) is 0 Å². The van der Waals surface area contributed by atoms with Crippen LogP contribution in [0.1, 0.15) is 66.6 Å². The van der Waals surface area contributed by atoms with Gasteiger partial charge in [0.1, 0.15) is 5.69 Å². The number of thiophene rings is 1. The second-order valence-electron chi connectivity index (χ2n) is 8.24. The topological polar surface area (TPSA) is 137 Å². The molecule has 1 amide bonds. The molecule has 1 saturated carbocycles. The molecule has 0 aliphatic heterocycles. The van der Waals surface area contributed by atoms with Crippen molar-refractivity contribution in [1.82, 2.24) is 30.7 Å². The van der Waals surface area contributed by atoms with Gasteiger partial charge in [-0.2, -0.15) is 9.78 Å². The van der Waals surface area contributed by atoms with Gasteiger partial charge in [-0.25, -0.2) is 10.1 Å². The van der Waals surface area contributed by atoms with Crippen molar-refractivity contribution in [2.45, 2.75) is 44.9 Å². The molecule has 10 nitrogen and oxygen atoms in total. The van der Waals surface area contributed by atoms with Crippen molar-refractivity contribution >= 4 is 28.8 Å². The van der Waals surface area contributed by atoms with Crippen molar-refractivity contribution in [1.29, 1.82) is 0 Å². The van der Waals surface area contributed by atoms with Crippen molar-refractivity contribution in [2.24, 2.45) is 5.10 Å². The van der Waals surface area contributed by atoms with Crippen LogP contribution in [-0.2, 0) is 0 Å². The third kappa shape index (κ3) is 4.34. The predicted octanol–water partition coefficient (Wildman–Crippen LogP) is 4.16. The first-order chi connectivity index (χ1) is 16.6. The molecular formula is C23H24N8O2S. The zero-order valence-corrected chi connectivity index (χ0v) is 19.5.